The van der Waals surface area contributed by atoms with Crippen LogP contribution in [0.1, 0.15) is 22.0 Å². The first-order valence-electron chi connectivity index (χ1n) is 7.71. The number of amides is 2. The van der Waals surface area contributed by atoms with E-state index in [1.165, 1.54) is 7.05 Å². The third-order valence-corrected chi connectivity index (χ3v) is 3.69. The number of aromatic nitrogens is 3. The molecule has 0 unspecified atom stereocenters. The largest absolute Gasteiger partial charge is 0.357 e. The molecule has 2 aromatic heterocycles. The first-order valence-corrected chi connectivity index (χ1v) is 7.71. The number of pyridine rings is 1. The van der Waals surface area contributed by atoms with E-state index in [1.807, 2.05) is 18.2 Å². The Balaban J connectivity index is 1.85. The molecule has 0 bridgehead atoms. The van der Waals surface area contributed by atoms with Crippen molar-refractivity contribution in [2.24, 2.45) is 0 Å². The van der Waals surface area contributed by atoms with Crippen LogP contribution in [0.5, 0.6) is 0 Å². The molecule has 0 aliphatic rings. The molecule has 7 heteroatoms. The maximum absolute atomic E-state index is 12.6. The van der Waals surface area contributed by atoms with E-state index in [9.17, 15) is 9.59 Å². The Morgan fingerprint density at radius 2 is 1.92 bits per heavy atom. The van der Waals surface area contributed by atoms with E-state index in [2.05, 4.69) is 20.6 Å². The number of carbonyl (C=O) groups excluding carboxylic acids is 2. The molecule has 0 spiro atoms. The molecular weight excluding hydrogens is 318 g/mol. The Morgan fingerprint density at radius 1 is 1.12 bits per heavy atom. The minimum atomic E-state index is -0.774. The van der Waals surface area contributed by atoms with Gasteiger partial charge >= 0.3 is 0 Å². The van der Waals surface area contributed by atoms with Crippen molar-refractivity contribution in [3.05, 3.63) is 78.5 Å². The van der Waals surface area contributed by atoms with Crippen LogP contribution in [0.4, 0.5) is 0 Å². The summed E-state index contributed by atoms with van der Waals surface area (Å²) in [7, 11) is 1.54. The number of hydrogen-bond acceptors (Lipinski definition) is 4. The van der Waals surface area contributed by atoms with E-state index in [-0.39, 0.29) is 11.8 Å². The summed E-state index contributed by atoms with van der Waals surface area (Å²) in [6, 6.07) is 11.6. The van der Waals surface area contributed by atoms with Gasteiger partial charge in [-0.3, -0.25) is 14.2 Å². The SMILES string of the molecule is CNC(=O)[C@@H](NC(=O)c1ccnc(-n2ccnc2)c1)c1ccccc1. The molecule has 126 valence electrons. The second kappa shape index (κ2) is 7.39. The van der Waals surface area contributed by atoms with Gasteiger partial charge in [0.25, 0.3) is 5.91 Å². The average molecular weight is 335 g/mol. The Bertz CT molecular complexity index is 862. The van der Waals surface area contributed by atoms with Gasteiger partial charge < -0.3 is 10.6 Å². The number of benzene rings is 1. The molecule has 7 nitrogen and oxygen atoms in total. The van der Waals surface area contributed by atoms with Crippen molar-refractivity contribution in [2.45, 2.75) is 6.04 Å². The summed E-state index contributed by atoms with van der Waals surface area (Å²) in [5.41, 5.74) is 1.11. The van der Waals surface area contributed by atoms with Gasteiger partial charge in [-0.25, -0.2) is 9.97 Å². The summed E-state index contributed by atoms with van der Waals surface area (Å²) in [5.74, 6) is -0.0778. The smallest absolute Gasteiger partial charge is 0.252 e. The lowest BCUT2D eigenvalue weighted by Crippen LogP contribution is -2.39. The summed E-state index contributed by atoms with van der Waals surface area (Å²) in [4.78, 5) is 33.0. The third-order valence-electron chi connectivity index (χ3n) is 3.69. The fraction of sp³-hybridized carbons (Fsp3) is 0.111. The van der Waals surface area contributed by atoms with Crippen LogP contribution in [0.3, 0.4) is 0 Å². The second-order valence-electron chi connectivity index (χ2n) is 5.30. The summed E-state index contributed by atoms with van der Waals surface area (Å²) in [5, 5.41) is 5.34. The molecule has 2 amide bonds. The topological polar surface area (TPSA) is 88.9 Å². The molecule has 0 aliphatic heterocycles. The van der Waals surface area contributed by atoms with Crippen molar-refractivity contribution in [1.82, 2.24) is 25.2 Å². The van der Waals surface area contributed by atoms with Gasteiger partial charge in [0.05, 0.1) is 0 Å². The lowest BCUT2D eigenvalue weighted by atomic mass is 10.1. The molecule has 0 fully saturated rings. The van der Waals surface area contributed by atoms with Crippen molar-refractivity contribution in [1.29, 1.82) is 0 Å². The van der Waals surface area contributed by atoms with Crippen LogP contribution in [0.25, 0.3) is 5.82 Å². The Kier molecular flexibility index (Phi) is 4.84. The van der Waals surface area contributed by atoms with E-state index in [0.717, 1.165) is 0 Å². The zero-order valence-electron chi connectivity index (χ0n) is 13.6. The van der Waals surface area contributed by atoms with E-state index in [1.54, 1.807) is 53.8 Å². The quantitative estimate of drug-likeness (QED) is 0.739. The minimum Gasteiger partial charge on any atom is -0.357 e. The first kappa shape index (κ1) is 16.4. The highest BCUT2D eigenvalue weighted by Crippen LogP contribution is 2.14. The Hall–Kier alpha value is -3.48. The predicted molar refractivity (Wildman–Crippen MR) is 92.1 cm³/mol. The molecule has 3 rings (SSSR count). The van der Waals surface area contributed by atoms with Gasteiger partial charge in [0.15, 0.2) is 0 Å². The number of nitrogens with zero attached hydrogens (tertiary/aromatic N) is 3. The highest BCUT2D eigenvalue weighted by atomic mass is 16.2. The van der Waals surface area contributed by atoms with Gasteiger partial charge in [-0.05, 0) is 17.7 Å². The van der Waals surface area contributed by atoms with E-state index >= 15 is 0 Å². The number of likely N-dealkylation sites (N-methyl/N-ethyl adjacent to an activating group) is 1. The predicted octanol–water partition coefficient (Wildman–Crippen LogP) is 1.48. The number of nitrogens with one attached hydrogen (secondary N) is 2. The monoisotopic (exact) mass is 335 g/mol. The normalized spacial score (nSPS) is 11.6. The number of hydrogen-bond donors (Lipinski definition) is 2. The average Bonchev–Trinajstić information content (AvgIpc) is 3.21. The van der Waals surface area contributed by atoms with Crippen LogP contribution >= 0.6 is 0 Å². The molecule has 0 saturated carbocycles. The van der Waals surface area contributed by atoms with Crippen LogP contribution in [0.15, 0.2) is 67.4 Å². The van der Waals surface area contributed by atoms with Gasteiger partial charge in [-0.15, -0.1) is 0 Å². The molecule has 1 atom stereocenters. The Labute approximate surface area is 144 Å². The zero-order chi connectivity index (χ0) is 17.6. The molecule has 3 aromatic rings. The third kappa shape index (κ3) is 3.72. The molecule has 2 heterocycles. The first-order chi connectivity index (χ1) is 12.2. The van der Waals surface area contributed by atoms with Gasteiger partial charge in [0.1, 0.15) is 18.2 Å². The van der Waals surface area contributed by atoms with Crippen molar-refractivity contribution in [3.63, 3.8) is 0 Å². The Morgan fingerprint density at radius 3 is 2.60 bits per heavy atom. The van der Waals surface area contributed by atoms with Crippen molar-refractivity contribution < 1.29 is 9.59 Å². The van der Waals surface area contributed by atoms with Crippen LogP contribution in [-0.2, 0) is 4.79 Å². The zero-order valence-corrected chi connectivity index (χ0v) is 13.6. The maximum Gasteiger partial charge on any atom is 0.252 e. The molecule has 0 saturated heterocycles. The van der Waals surface area contributed by atoms with Gasteiger partial charge in [0, 0.05) is 31.2 Å². The van der Waals surface area contributed by atoms with Crippen molar-refractivity contribution in [2.75, 3.05) is 7.05 Å². The second-order valence-corrected chi connectivity index (χ2v) is 5.30. The molecule has 2 N–H and O–H groups in total. The fourth-order valence-electron chi connectivity index (χ4n) is 2.40. The molecule has 0 aliphatic carbocycles. The minimum absolute atomic E-state index is 0.288. The van der Waals surface area contributed by atoms with Crippen molar-refractivity contribution in [3.8, 4) is 5.82 Å². The van der Waals surface area contributed by atoms with Crippen LogP contribution in [0, 0.1) is 0 Å². The van der Waals surface area contributed by atoms with Crippen LogP contribution < -0.4 is 10.6 Å². The van der Waals surface area contributed by atoms with E-state index < -0.39 is 6.04 Å². The van der Waals surface area contributed by atoms with Gasteiger partial charge in [-0.2, -0.15) is 0 Å². The molecule has 1 aromatic carbocycles. The van der Waals surface area contributed by atoms with Crippen LogP contribution in [0.2, 0.25) is 0 Å². The number of carbonyl (C=O) groups is 2. The molecule has 0 radical (unpaired) electrons. The lowest BCUT2D eigenvalue weighted by Gasteiger charge is -2.18. The standard InChI is InChI=1S/C18H17N5O2/c1-19-18(25)16(13-5-3-2-4-6-13)22-17(24)14-7-8-21-15(11-14)23-10-9-20-12-23/h2-12,16H,1H3,(H,19,25)(H,22,24)/t16-/m0/s1. The number of imidazole rings is 1. The summed E-state index contributed by atoms with van der Waals surface area (Å²) in [6.07, 6.45) is 6.51. The highest BCUT2D eigenvalue weighted by Gasteiger charge is 2.22. The fourth-order valence-corrected chi connectivity index (χ4v) is 2.40. The maximum atomic E-state index is 12.6. The van der Waals surface area contributed by atoms with Gasteiger partial charge in [-0.1, -0.05) is 30.3 Å². The highest BCUT2D eigenvalue weighted by molar-refractivity contribution is 5.98. The lowest BCUT2D eigenvalue weighted by molar-refractivity contribution is -0.122. The summed E-state index contributed by atoms with van der Waals surface area (Å²) in [6.45, 7) is 0. The van der Waals surface area contributed by atoms with Gasteiger partial charge in [0.2, 0.25) is 5.91 Å². The molecule has 25 heavy (non-hydrogen) atoms. The van der Waals surface area contributed by atoms with E-state index in [0.29, 0.717) is 16.9 Å². The summed E-state index contributed by atoms with van der Waals surface area (Å²) >= 11 is 0. The molecular formula is C18H17N5O2. The van der Waals surface area contributed by atoms with Crippen molar-refractivity contribution >= 4 is 11.8 Å². The number of rotatable bonds is 5. The van der Waals surface area contributed by atoms with Crippen LogP contribution in [-0.4, -0.2) is 33.4 Å². The van der Waals surface area contributed by atoms with E-state index in [4.69, 9.17) is 0 Å². The summed E-state index contributed by atoms with van der Waals surface area (Å²) < 4.78 is 1.70.